The molecule has 1 rings (SSSR count). The van der Waals surface area contributed by atoms with Crippen molar-refractivity contribution in [2.45, 2.75) is 26.7 Å². The van der Waals surface area contributed by atoms with Gasteiger partial charge in [0.25, 0.3) is 0 Å². The second-order valence-corrected chi connectivity index (χ2v) is 6.46. The van der Waals surface area contributed by atoms with Crippen molar-refractivity contribution in [2.75, 3.05) is 16.8 Å². The van der Waals surface area contributed by atoms with Crippen LogP contribution in [0.4, 0.5) is 5.69 Å². The molecule has 20 heavy (non-hydrogen) atoms. The first-order valence-electron chi connectivity index (χ1n) is 6.41. The average Bonchev–Trinajstić information content (AvgIpc) is 2.37. The Kier molecular flexibility index (Phi) is 5.71. The number of benzene rings is 1. The maximum atomic E-state index is 11.8. The molecule has 0 heterocycles. The van der Waals surface area contributed by atoms with Crippen LogP contribution in [0.25, 0.3) is 0 Å². The predicted octanol–water partition coefficient (Wildman–Crippen LogP) is 1.69. The van der Waals surface area contributed by atoms with E-state index in [0.717, 1.165) is 24.0 Å². The number of nitrogens with zero attached hydrogens (tertiary/aromatic N) is 1. The van der Waals surface area contributed by atoms with Crippen LogP contribution in [-0.4, -0.2) is 25.8 Å². The number of nitrogens with one attached hydrogen (secondary N) is 1. The maximum Gasteiger partial charge on any atom is 0.239 e. The smallest absolute Gasteiger partial charge is 0.239 e. The molecule has 1 amide bonds. The topological polar surface area (TPSA) is 87.0 Å². The van der Waals surface area contributed by atoms with Gasteiger partial charge in [0.15, 0.2) is 9.84 Å². The quantitative estimate of drug-likeness (QED) is 0.865. The number of rotatable bonds is 6. The number of nitriles is 1. The van der Waals surface area contributed by atoms with Crippen LogP contribution in [0.2, 0.25) is 0 Å². The molecule has 0 unspecified atom stereocenters. The minimum atomic E-state index is -3.66. The third-order valence-electron chi connectivity index (χ3n) is 2.90. The van der Waals surface area contributed by atoms with Gasteiger partial charge in [-0.05, 0) is 24.0 Å². The van der Waals surface area contributed by atoms with Crippen molar-refractivity contribution in [2.24, 2.45) is 0 Å². The summed E-state index contributed by atoms with van der Waals surface area (Å²) in [5.74, 6) is -1.91. The molecule has 0 aliphatic carbocycles. The van der Waals surface area contributed by atoms with Gasteiger partial charge in [-0.25, -0.2) is 8.42 Å². The molecule has 0 saturated heterocycles. The molecule has 0 aliphatic rings. The molecule has 5 nitrogen and oxygen atoms in total. The lowest BCUT2D eigenvalue weighted by atomic mass is 10.0. The van der Waals surface area contributed by atoms with Gasteiger partial charge >= 0.3 is 0 Å². The fourth-order valence-electron chi connectivity index (χ4n) is 1.93. The van der Waals surface area contributed by atoms with Gasteiger partial charge in [0.2, 0.25) is 5.91 Å². The zero-order chi connectivity index (χ0) is 15.2. The summed E-state index contributed by atoms with van der Waals surface area (Å²) < 4.78 is 22.9. The number of carbonyl (C=O) groups excluding carboxylic acids is 1. The van der Waals surface area contributed by atoms with Crippen molar-refractivity contribution >= 4 is 21.4 Å². The van der Waals surface area contributed by atoms with E-state index in [1.54, 1.807) is 6.07 Å². The van der Waals surface area contributed by atoms with Crippen LogP contribution in [0.1, 0.15) is 25.0 Å². The monoisotopic (exact) mass is 294 g/mol. The lowest BCUT2D eigenvalue weighted by Crippen LogP contribution is -2.25. The number of hydrogen-bond donors (Lipinski definition) is 1. The third kappa shape index (κ3) is 4.35. The molecule has 1 aromatic rings. The number of amides is 1. The van der Waals surface area contributed by atoms with Gasteiger partial charge in [0.05, 0.1) is 6.07 Å². The molecular weight excluding hydrogens is 276 g/mol. The van der Waals surface area contributed by atoms with Crippen LogP contribution < -0.4 is 5.32 Å². The number of aryl methyl sites for hydroxylation is 2. The van der Waals surface area contributed by atoms with E-state index >= 15 is 0 Å². The van der Waals surface area contributed by atoms with E-state index in [4.69, 9.17) is 5.26 Å². The van der Waals surface area contributed by atoms with Gasteiger partial charge < -0.3 is 5.32 Å². The van der Waals surface area contributed by atoms with Crippen molar-refractivity contribution in [3.8, 4) is 6.07 Å². The van der Waals surface area contributed by atoms with Crippen LogP contribution >= 0.6 is 0 Å². The highest BCUT2D eigenvalue weighted by Gasteiger charge is 2.18. The summed E-state index contributed by atoms with van der Waals surface area (Å²) in [5, 5.41) is 11.1. The maximum absolute atomic E-state index is 11.8. The van der Waals surface area contributed by atoms with Crippen molar-refractivity contribution in [1.29, 1.82) is 5.26 Å². The van der Waals surface area contributed by atoms with E-state index < -0.39 is 27.3 Å². The Bertz CT molecular complexity index is 608. The standard InChI is InChI=1S/C14H18N2O3S/c1-3-11-6-5-7-12(4-2)14(11)16-13(17)10-20(18,19)9-8-15/h5-7H,3-4,9-10H2,1-2H3,(H,16,17). The zero-order valence-electron chi connectivity index (χ0n) is 11.6. The first kappa shape index (κ1) is 16.2. The Morgan fingerprint density at radius 2 is 1.80 bits per heavy atom. The number of hydrogen-bond acceptors (Lipinski definition) is 4. The van der Waals surface area contributed by atoms with E-state index in [0.29, 0.717) is 5.69 Å². The zero-order valence-corrected chi connectivity index (χ0v) is 12.5. The second-order valence-electron chi connectivity index (χ2n) is 4.40. The van der Waals surface area contributed by atoms with Crippen LogP contribution in [0.5, 0.6) is 0 Å². The van der Waals surface area contributed by atoms with Crippen LogP contribution in [-0.2, 0) is 27.5 Å². The third-order valence-corrected chi connectivity index (χ3v) is 4.17. The molecule has 1 N–H and O–H groups in total. The first-order valence-corrected chi connectivity index (χ1v) is 8.23. The summed E-state index contributed by atoms with van der Waals surface area (Å²) in [6, 6.07) is 7.27. The van der Waals surface area contributed by atoms with Crippen LogP contribution in [0.15, 0.2) is 18.2 Å². The largest absolute Gasteiger partial charge is 0.325 e. The van der Waals surface area contributed by atoms with Gasteiger partial charge in [-0.2, -0.15) is 5.26 Å². The summed E-state index contributed by atoms with van der Waals surface area (Å²) in [6.07, 6.45) is 1.49. The van der Waals surface area contributed by atoms with Gasteiger partial charge in [-0.1, -0.05) is 32.0 Å². The summed E-state index contributed by atoms with van der Waals surface area (Å²) in [5.41, 5.74) is 2.63. The van der Waals surface area contributed by atoms with Crippen molar-refractivity contribution in [3.05, 3.63) is 29.3 Å². The molecule has 0 saturated carbocycles. The number of anilines is 1. The highest BCUT2D eigenvalue weighted by molar-refractivity contribution is 7.92. The van der Waals surface area contributed by atoms with E-state index in [2.05, 4.69) is 5.32 Å². The number of sulfone groups is 1. The molecular formula is C14H18N2O3S. The highest BCUT2D eigenvalue weighted by Crippen LogP contribution is 2.22. The van der Waals surface area contributed by atoms with E-state index in [1.807, 2.05) is 32.0 Å². The van der Waals surface area contributed by atoms with Gasteiger partial charge in [-0.3, -0.25) is 4.79 Å². The molecule has 0 aromatic heterocycles. The minimum absolute atomic E-state index is 0.601. The summed E-state index contributed by atoms with van der Waals surface area (Å²) in [4.78, 5) is 11.8. The van der Waals surface area contributed by atoms with E-state index in [-0.39, 0.29) is 0 Å². The van der Waals surface area contributed by atoms with Crippen LogP contribution in [0.3, 0.4) is 0 Å². The van der Waals surface area contributed by atoms with Crippen LogP contribution in [0, 0.1) is 11.3 Å². The Morgan fingerprint density at radius 3 is 2.25 bits per heavy atom. The molecule has 0 radical (unpaired) electrons. The van der Waals surface area contributed by atoms with Gasteiger partial charge in [-0.15, -0.1) is 0 Å². The molecule has 1 aromatic carbocycles. The molecule has 0 aliphatic heterocycles. The second kappa shape index (κ2) is 7.06. The Labute approximate surface area is 119 Å². The lowest BCUT2D eigenvalue weighted by Gasteiger charge is -2.14. The van der Waals surface area contributed by atoms with E-state index in [1.165, 1.54) is 0 Å². The molecule has 0 atom stereocenters. The summed E-state index contributed by atoms with van der Waals surface area (Å²) in [6.45, 7) is 3.94. The summed E-state index contributed by atoms with van der Waals surface area (Å²) >= 11 is 0. The van der Waals surface area contributed by atoms with Crippen molar-refractivity contribution < 1.29 is 13.2 Å². The number of carbonyl (C=O) groups is 1. The van der Waals surface area contributed by atoms with Crippen molar-refractivity contribution in [3.63, 3.8) is 0 Å². The molecule has 108 valence electrons. The van der Waals surface area contributed by atoms with Gasteiger partial charge in [0.1, 0.15) is 11.5 Å². The summed E-state index contributed by atoms with van der Waals surface area (Å²) in [7, 11) is -3.66. The highest BCUT2D eigenvalue weighted by atomic mass is 32.2. The normalized spacial score (nSPS) is 10.8. The SMILES string of the molecule is CCc1cccc(CC)c1NC(=O)CS(=O)(=O)CC#N. The molecule has 0 bridgehead atoms. The van der Waals surface area contributed by atoms with E-state index in [9.17, 15) is 13.2 Å². The Morgan fingerprint density at radius 1 is 1.25 bits per heavy atom. The fraction of sp³-hybridized carbons (Fsp3) is 0.429. The predicted molar refractivity (Wildman–Crippen MR) is 78.1 cm³/mol. The fourth-order valence-corrected chi connectivity index (χ4v) is 2.70. The molecule has 0 spiro atoms. The first-order chi connectivity index (χ1) is 9.43. The minimum Gasteiger partial charge on any atom is -0.325 e. The number of para-hydroxylation sites is 1. The van der Waals surface area contributed by atoms with Gasteiger partial charge in [0, 0.05) is 5.69 Å². The molecule has 6 heteroatoms. The Balaban J connectivity index is 2.94. The Hall–Kier alpha value is -1.87. The molecule has 0 fully saturated rings. The average molecular weight is 294 g/mol. The lowest BCUT2D eigenvalue weighted by molar-refractivity contribution is -0.113. The van der Waals surface area contributed by atoms with Crippen molar-refractivity contribution in [1.82, 2.24) is 0 Å².